The number of aromatic nitrogens is 2. The number of hydrogen-bond acceptors (Lipinski definition) is 6. The van der Waals surface area contributed by atoms with Gasteiger partial charge in [-0.1, -0.05) is 26.8 Å². The highest BCUT2D eigenvalue weighted by atomic mass is 127. The van der Waals surface area contributed by atoms with Gasteiger partial charge in [0, 0.05) is 49.8 Å². The number of rotatable bonds is 6. The number of hydrogen-bond donors (Lipinski definition) is 3. The first-order valence-electron chi connectivity index (χ1n) is 10.7. The number of piperidine rings is 1. The lowest BCUT2D eigenvalue weighted by Crippen LogP contribution is -2.40. The van der Waals surface area contributed by atoms with E-state index in [0.717, 1.165) is 43.1 Å². The highest BCUT2D eigenvalue weighted by molar-refractivity contribution is 14.0. The standard InChI is InChI=1S/C22H33N7O2.HI/c1-22(2,3)17-13-26-18(31-17)14-28-21(24-4)27-12-16-6-5-9-25-20(16)29-10-7-15(8-11-29)19(23)30;/h5-6,9,13,15H,7-8,10-12,14H2,1-4H3,(H2,23,30)(H2,24,27,28);1H. The van der Waals surface area contributed by atoms with Crippen LogP contribution in [0.5, 0.6) is 0 Å². The lowest BCUT2D eigenvalue weighted by Gasteiger charge is -2.32. The fraction of sp³-hybridized carbons (Fsp3) is 0.545. The lowest BCUT2D eigenvalue weighted by molar-refractivity contribution is -0.122. The summed E-state index contributed by atoms with van der Waals surface area (Å²) in [4.78, 5) is 26.9. The number of nitrogens with one attached hydrogen (secondary N) is 2. The number of guanidine groups is 1. The van der Waals surface area contributed by atoms with Crippen LogP contribution in [0, 0.1) is 5.92 Å². The molecule has 0 bridgehead atoms. The van der Waals surface area contributed by atoms with Crippen molar-refractivity contribution >= 4 is 41.7 Å². The molecule has 1 aliphatic heterocycles. The van der Waals surface area contributed by atoms with E-state index in [4.69, 9.17) is 10.2 Å². The van der Waals surface area contributed by atoms with Gasteiger partial charge < -0.3 is 25.7 Å². The van der Waals surface area contributed by atoms with Crippen molar-refractivity contribution in [3.05, 3.63) is 41.7 Å². The SMILES string of the molecule is CN=C(NCc1ncc(C(C)(C)C)o1)NCc1cccnc1N1CCC(C(N)=O)CC1.I. The van der Waals surface area contributed by atoms with Crippen LogP contribution >= 0.6 is 24.0 Å². The number of nitrogens with two attached hydrogens (primary N) is 1. The molecule has 32 heavy (non-hydrogen) atoms. The molecule has 1 fully saturated rings. The molecule has 0 saturated carbocycles. The van der Waals surface area contributed by atoms with E-state index in [9.17, 15) is 4.79 Å². The summed E-state index contributed by atoms with van der Waals surface area (Å²) in [6.07, 6.45) is 5.08. The molecule has 3 rings (SSSR count). The van der Waals surface area contributed by atoms with Crippen molar-refractivity contribution in [1.29, 1.82) is 0 Å². The number of pyridine rings is 1. The maximum atomic E-state index is 11.4. The van der Waals surface area contributed by atoms with Crippen molar-refractivity contribution in [3.63, 3.8) is 0 Å². The van der Waals surface area contributed by atoms with Gasteiger partial charge in [0.15, 0.2) is 5.96 Å². The second-order valence-electron chi connectivity index (χ2n) is 8.80. The summed E-state index contributed by atoms with van der Waals surface area (Å²) in [6, 6.07) is 3.97. The average Bonchev–Trinajstić information content (AvgIpc) is 3.24. The van der Waals surface area contributed by atoms with E-state index in [1.807, 2.05) is 12.1 Å². The summed E-state index contributed by atoms with van der Waals surface area (Å²) >= 11 is 0. The fourth-order valence-corrected chi connectivity index (χ4v) is 3.53. The molecule has 2 aromatic heterocycles. The number of oxazole rings is 1. The van der Waals surface area contributed by atoms with E-state index < -0.39 is 0 Å². The minimum atomic E-state index is -0.210. The molecule has 10 heteroatoms. The van der Waals surface area contributed by atoms with Gasteiger partial charge >= 0.3 is 0 Å². The Kier molecular flexibility index (Phi) is 9.29. The van der Waals surface area contributed by atoms with Gasteiger partial charge in [-0.25, -0.2) is 9.97 Å². The lowest BCUT2D eigenvalue weighted by atomic mass is 9.94. The van der Waals surface area contributed by atoms with Gasteiger partial charge in [0.1, 0.15) is 11.6 Å². The van der Waals surface area contributed by atoms with E-state index >= 15 is 0 Å². The third-order valence-electron chi connectivity index (χ3n) is 5.43. The van der Waals surface area contributed by atoms with Gasteiger partial charge in [-0.15, -0.1) is 24.0 Å². The van der Waals surface area contributed by atoms with Crippen LogP contribution < -0.4 is 21.3 Å². The fourth-order valence-electron chi connectivity index (χ4n) is 3.53. The van der Waals surface area contributed by atoms with Gasteiger partial charge in [-0.3, -0.25) is 9.79 Å². The second kappa shape index (κ2) is 11.5. The number of carbonyl (C=O) groups excluding carboxylic acids is 1. The number of halogens is 1. The van der Waals surface area contributed by atoms with Gasteiger partial charge in [-0.2, -0.15) is 0 Å². The predicted molar refractivity (Wildman–Crippen MR) is 136 cm³/mol. The molecule has 0 spiro atoms. The Labute approximate surface area is 206 Å². The zero-order chi connectivity index (χ0) is 22.4. The molecule has 4 N–H and O–H groups in total. The Bertz CT molecular complexity index is 915. The Morgan fingerprint density at radius 3 is 2.53 bits per heavy atom. The Hall–Kier alpha value is -2.37. The monoisotopic (exact) mass is 555 g/mol. The summed E-state index contributed by atoms with van der Waals surface area (Å²) < 4.78 is 5.82. The molecule has 3 heterocycles. The Morgan fingerprint density at radius 2 is 1.94 bits per heavy atom. The summed E-state index contributed by atoms with van der Waals surface area (Å²) in [6.45, 7) is 8.82. The summed E-state index contributed by atoms with van der Waals surface area (Å²) in [7, 11) is 1.73. The highest BCUT2D eigenvalue weighted by Gasteiger charge is 2.25. The molecule has 2 aromatic rings. The minimum absolute atomic E-state index is 0. The average molecular weight is 555 g/mol. The van der Waals surface area contributed by atoms with Crippen LogP contribution in [0.1, 0.15) is 50.8 Å². The summed E-state index contributed by atoms with van der Waals surface area (Å²) in [5.41, 5.74) is 6.44. The first-order chi connectivity index (χ1) is 14.8. The molecule has 176 valence electrons. The first-order valence-corrected chi connectivity index (χ1v) is 10.7. The van der Waals surface area contributed by atoms with E-state index in [2.05, 4.69) is 51.3 Å². The molecule has 0 unspecified atom stereocenters. The van der Waals surface area contributed by atoms with Crippen LogP contribution in [-0.2, 0) is 23.3 Å². The van der Waals surface area contributed by atoms with Gasteiger partial charge in [0.05, 0.1) is 12.7 Å². The predicted octanol–water partition coefficient (Wildman–Crippen LogP) is 2.55. The van der Waals surface area contributed by atoms with Crippen LogP contribution in [0.15, 0.2) is 33.9 Å². The van der Waals surface area contributed by atoms with Crippen molar-refractivity contribution in [2.75, 3.05) is 25.0 Å². The van der Waals surface area contributed by atoms with Crippen molar-refractivity contribution in [2.24, 2.45) is 16.6 Å². The van der Waals surface area contributed by atoms with Gasteiger partial charge in [-0.05, 0) is 18.9 Å². The van der Waals surface area contributed by atoms with Crippen LogP contribution in [0.3, 0.4) is 0 Å². The number of aliphatic imine (C=N–C) groups is 1. The molecule has 1 aliphatic rings. The highest BCUT2D eigenvalue weighted by Crippen LogP contribution is 2.24. The van der Waals surface area contributed by atoms with Crippen molar-refractivity contribution in [3.8, 4) is 0 Å². The zero-order valence-corrected chi connectivity index (χ0v) is 21.6. The Balaban J connectivity index is 0.00000363. The molecule has 1 amide bonds. The molecule has 1 saturated heterocycles. The summed E-state index contributed by atoms with van der Waals surface area (Å²) in [5, 5.41) is 6.56. The Morgan fingerprint density at radius 1 is 1.25 bits per heavy atom. The third-order valence-corrected chi connectivity index (χ3v) is 5.43. The zero-order valence-electron chi connectivity index (χ0n) is 19.2. The summed E-state index contributed by atoms with van der Waals surface area (Å²) in [5.74, 6) is 2.80. The van der Waals surface area contributed by atoms with E-state index in [1.165, 1.54) is 0 Å². The van der Waals surface area contributed by atoms with Crippen LogP contribution in [0.4, 0.5) is 5.82 Å². The second-order valence-corrected chi connectivity index (χ2v) is 8.80. The van der Waals surface area contributed by atoms with Crippen LogP contribution in [-0.4, -0.2) is 42.0 Å². The van der Waals surface area contributed by atoms with Crippen molar-refractivity contribution in [1.82, 2.24) is 20.6 Å². The first kappa shape index (κ1) is 25.9. The number of carbonyl (C=O) groups is 1. The quantitative estimate of drug-likeness (QED) is 0.285. The number of primary amides is 1. The van der Waals surface area contributed by atoms with Crippen LogP contribution in [0.2, 0.25) is 0 Å². The molecule has 0 radical (unpaired) electrons. The van der Waals surface area contributed by atoms with E-state index in [1.54, 1.807) is 19.4 Å². The minimum Gasteiger partial charge on any atom is -0.443 e. The molecule has 9 nitrogen and oxygen atoms in total. The normalized spacial score (nSPS) is 15.2. The van der Waals surface area contributed by atoms with E-state index in [-0.39, 0.29) is 41.2 Å². The largest absolute Gasteiger partial charge is 0.443 e. The van der Waals surface area contributed by atoms with Crippen LogP contribution in [0.25, 0.3) is 0 Å². The molecule has 0 aliphatic carbocycles. The maximum Gasteiger partial charge on any atom is 0.220 e. The van der Waals surface area contributed by atoms with Crippen molar-refractivity contribution in [2.45, 2.75) is 52.1 Å². The molecule has 0 atom stereocenters. The van der Waals surface area contributed by atoms with Crippen molar-refractivity contribution < 1.29 is 9.21 Å². The van der Waals surface area contributed by atoms with Gasteiger partial charge in [0.25, 0.3) is 0 Å². The smallest absolute Gasteiger partial charge is 0.220 e. The number of anilines is 1. The van der Waals surface area contributed by atoms with Gasteiger partial charge in [0.2, 0.25) is 11.8 Å². The molecule has 0 aromatic carbocycles. The van der Waals surface area contributed by atoms with E-state index in [0.29, 0.717) is 24.9 Å². The number of amides is 1. The molecular formula is C22H34IN7O2. The maximum absolute atomic E-state index is 11.4. The third kappa shape index (κ3) is 6.81. The molecular weight excluding hydrogens is 521 g/mol. The topological polar surface area (TPSA) is 122 Å². The number of nitrogens with zero attached hydrogens (tertiary/aromatic N) is 4.